The molecule has 0 spiro atoms. The van der Waals surface area contributed by atoms with Gasteiger partial charge < -0.3 is 14.4 Å². The Labute approximate surface area is 186 Å². The Bertz CT molecular complexity index is 1210. The molecule has 5 rings (SSSR count). The lowest BCUT2D eigenvalue weighted by Crippen LogP contribution is -2.49. The normalized spacial score (nSPS) is 14.1. The standard InChI is InChI=1S/C25H24FN5O/c1-19-23(24(29-13-5-6-14-29)31(27-19)22-7-3-2-4-8-22)25(32)30-17-15-28(16-18-30)21-11-9-20(26)10-12-21/h2-14H,15-18H2,1H3. The van der Waals surface area contributed by atoms with Gasteiger partial charge in [0.25, 0.3) is 5.91 Å². The Morgan fingerprint density at radius 3 is 2.16 bits per heavy atom. The number of amides is 1. The lowest BCUT2D eigenvalue weighted by atomic mass is 10.1. The van der Waals surface area contributed by atoms with Crippen LogP contribution in [0.25, 0.3) is 11.5 Å². The van der Waals surface area contributed by atoms with Gasteiger partial charge in [0.15, 0.2) is 5.82 Å². The fraction of sp³-hybridized carbons (Fsp3) is 0.200. The minimum absolute atomic E-state index is 0.0212. The summed E-state index contributed by atoms with van der Waals surface area (Å²) in [5.74, 6) is 0.475. The van der Waals surface area contributed by atoms with Crippen molar-refractivity contribution in [2.24, 2.45) is 0 Å². The smallest absolute Gasteiger partial charge is 0.259 e. The Kier molecular flexibility index (Phi) is 5.23. The molecule has 1 aliphatic rings. The van der Waals surface area contributed by atoms with Crippen molar-refractivity contribution in [3.8, 4) is 11.5 Å². The van der Waals surface area contributed by atoms with Crippen molar-refractivity contribution >= 4 is 11.6 Å². The third kappa shape index (κ3) is 3.66. The second kappa shape index (κ2) is 8.34. The lowest BCUT2D eigenvalue weighted by Gasteiger charge is -2.36. The van der Waals surface area contributed by atoms with Crippen LogP contribution in [-0.4, -0.2) is 51.3 Å². The topological polar surface area (TPSA) is 46.3 Å². The molecule has 1 fully saturated rings. The number of hydrogen-bond donors (Lipinski definition) is 0. The molecule has 32 heavy (non-hydrogen) atoms. The maximum atomic E-state index is 13.7. The number of piperazine rings is 1. The Hall–Kier alpha value is -3.87. The zero-order valence-electron chi connectivity index (χ0n) is 17.9. The number of rotatable bonds is 4. The van der Waals surface area contributed by atoms with Crippen LogP contribution in [0.3, 0.4) is 0 Å². The number of aromatic nitrogens is 3. The summed E-state index contributed by atoms with van der Waals surface area (Å²) in [6, 6.07) is 20.2. The summed E-state index contributed by atoms with van der Waals surface area (Å²) >= 11 is 0. The van der Waals surface area contributed by atoms with E-state index in [0.717, 1.165) is 17.2 Å². The Morgan fingerprint density at radius 2 is 1.50 bits per heavy atom. The molecule has 7 heteroatoms. The van der Waals surface area contributed by atoms with Gasteiger partial charge >= 0.3 is 0 Å². The minimum Gasteiger partial charge on any atom is -0.368 e. The van der Waals surface area contributed by atoms with Gasteiger partial charge in [-0.15, -0.1) is 0 Å². The van der Waals surface area contributed by atoms with E-state index in [1.165, 1.54) is 12.1 Å². The maximum absolute atomic E-state index is 13.7. The molecule has 1 saturated heterocycles. The minimum atomic E-state index is -0.244. The second-order valence-electron chi connectivity index (χ2n) is 7.88. The molecule has 2 aromatic carbocycles. The number of halogens is 1. The summed E-state index contributed by atoms with van der Waals surface area (Å²) in [5, 5.41) is 4.73. The molecule has 0 unspecified atom stereocenters. The van der Waals surface area contributed by atoms with Crippen molar-refractivity contribution in [1.82, 2.24) is 19.2 Å². The van der Waals surface area contributed by atoms with Crippen LogP contribution in [0, 0.1) is 12.7 Å². The molecule has 0 saturated carbocycles. The quantitative estimate of drug-likeness (QED) is 0.491. The molecule has 3 heterocycles. The molecule has 0 bridgehead atoms. The number of anilines is 1. The van der Waals surface area contributed by atoms with E-state index in [9.17, 15) is 9.18 Å². The number of nitrogens with zero attached hydrogens (tertiary/aromatic N) is 5. The van der Waals surface area contributed by atoms with Crippen LogP contribution in [0.5, 0.6) is 0 Å². The molecular weight excluding hydrogens is 405 g/mol. The number of carbonyl (C=O) groups is 1. The van der Waals surface area contributed by atoms with Crippen molar-refractivity contribution in [3.05, 3.63) is 96.2 Å². The Morgan fingerprint density at radius 1 is 0.844 bits per heavy atom. The van der Waals surface area contributed by atoms with Crippen LogP contribution in [0.2, 0.25) is 0 Å². The van der Waals surface area contributed by atoms with E-state index in [1.54, 1.807) is 12.1 Å². The number of carbonyl (C=O) groups excluding carboxylic acids is 1. The molecule has 0 N–H and O–H groups in total. The van der Waals surface area contributed by atoms with E-state index in [-0.39, 0.29) is 11.7 Å². The largest absolute Gasteiger partial charge is 0.368 e. The van der Waals surface area contributed by atoms with Crippen LogP contribution in [-0.2, 0) is 0 Å². The first-order chi connectivity index (χ1) is 15.6. The molecule has 6 nitrogen and oxygen atoms in total. The van der Waals surface area contributed by atoms with E-state index in [0.29, 0.717) is 37.4 Å². The van der Waals surface area contributed by atoms with E-state index in [4.69, 9.17) is 5.10 Å². The maximum Gasteiger partial charge on any atom is 0.259 e. The average molecular weight is 429 g/mol. The summed E-state index contributed by atoms with van der Waals surface area (Å²) < 4.78 is 17.0. The van der Waals surface area contributed by atoms with Gasteiger partial charge in [0, 0.05) is 44.3 Å². The van der Waals surface area contributed by atoms with Gasteiger partial charge in [0.2, 0.25) is 0 Å². The number of aryl methyl sites for hydroxylation is 1. The number of benzene rings is 2. The zero-order valence-corrected chi connectivity index (χ0v) is 17.9. The predicted octanol–water partition coefficient (Wildman–Crippen LogP) is 4.07. The molecule has 0 aliphatic carbocycles. The third-order valence-corrected chi connectivity index (χ3v) is 5.86. The van der Waals surface area contributed by atoms with Gasteiger partial charge in [0.1, 0.15) is 11.4 Å². The third-order valence-electron chi connectivity index (χ3n) is 5.86. The highest BCUT2D eigenvalue weighted by atomic mass is 19.1. The van der Waals surface area contributed by atoms with E-state index >= 15 is 0 Å². The highest BCUT2D eigenvalue weighted by Gasteiger charge is 2.29. The van der Waals surface area contributed by atoms with Crippen LogP contribution in [0.4, 0.5) is 10.1 Å². The van der Waals surface area contributed by atoms with Crippen LogP contribution >= 0.6 is 0 Å². The van der Waals surface area contributed by atoms with E-state index in [1.807, 2.05) is 75.9 Å². The summed E-state index contributed by atoms with van der Waals surface area (Å²) in [6.45, 7) is 4.47. The number of para-hydroxylation sites is 1. The Balaban J connectivity index is 1.44. The van der Waals surface area contributed by atoms with Gasteiger partial charge in [-0.3, -0.25) is 4.79 Å². The van der Waals surface area contributed by atoms with Gasteiger partial charge in [-0.1, -0.05) is 18.2 Å². The highest BCUT2D eigenvalue weighted by Crippen LogP contribution is 2.25. The fourth-order valence-corrected chi connectivity index (χ4v) is 4.21. The average Bonchev–Trinajstić information content (AvgIpc) is 3.47. The molecule has 1 amide bonds. The monoisotopic (exact) mass is 429 g/mol. The van der Waals surface area contributed by atoms with Crippen molar-refractivity contribution in [1.29, 1.82) is 0 Å². The van der Waals surface area contributed by atoms with Gasteiger partial charge in [-0.05, 0) is 55.5 Å². The van der Waals surface area contributed by atoms with Crippen molar-refractivity contribution in [3.63, 3.8) is 0 Å². The van der Waals surface area contributed by atoms with Crippen LogP contribution in [0.15, 0.2) is 79.1 Å². The van der Waals surface area contributed by atoms with E-state index < -0.39 is 0 Å². The molecule has 4 aromatic rings. The summed E-state index contributed by atoms with van der Waals surface area (Å²) in [5.41, 5.74) is 3.18. The highest BCUT2D eigenvalue weighted by molar-refractivity contribution is 5.99. The predicted molar refractivity (Wildman–Crippen MR) is 122 cm³/mol. The summed E-state index contributed by atoms with van der Waals surface area (Å²) in [7, 11) is 0. The molecule has 0 atom stereocenters. The van der Waals surface area contributed by atoms with Gasteiger partial charge in [-0.25, -0.2) is 9.07 Å². The molecular formula is C25H24FN5O. The molecule has 162 valence electrons. The van der Waals surface area contributed by atoms with Crippen LogP contribution in [0.1, 0.15) is 16.1 Å². The first kappa shape index (κ1) is 20.1. The summed E-state index contributed by atoms with van der Waals surface area (Å²) in [4.78, 5) is 17.7. The lowest BCUT2D eigenvalue weighted by molar-refractivity contribution is 0.0746. The van der Waals surface area contributed by atoms with Crippen molar-refractivity contribution in [2.75, 3.05) is 31.1 Å². The molecule has 2 aromatic heterocycles. The first-order valence-corrected chi connectivity index (χ1v) is 10.7. The summed E-state index contributed by atoms with van der Waals surface area (Å²) in [6.07, 6.45) is 3.86. The van der Waals surface area contributed by atoms with Crippen molar-refractivity contribution in [2.45, 2.75) is 6.92 Å². The zero-order chi connectivity index (χ0) is 22.1. The van der Waals surface area contributed by atoms with Gasteiger partial charge in [-0.2, -0.15) is 5.10 Å². The first-order valence-electron chi connectivity index (χ1n) is 10.7. The van der Waals surface area contributed by atoms with Gasteiger partial charge in [0.05, 0.1) is 11.4 Å². The second-order valence-corrected chi connectivity index (χ2v) is 7.88. The molecule has 1 aliphatic heterocycles. The van der Waals surface area contributed by atoms with Crippen LogP contribution < -0.4 is 4.90 Å². The molecule has 0 radical (unpaired) electrons. The fourth-order valence-electron chi connectivity index (χ4n) is 4.21. The number of hydrogen-bond acceptors (Lipinski definition) is 3. The van der Waals surface area contributed by atoms with Crippen molar-refractivity contribution < 1.29 is 9.18 Å². The van der Waals surface area contributed by atoms with E-state index in [2.05, 4.69) is 4.90 Å². The SMILES string of the molecule is Cc1nn(-c2ccccc2)c(-n2cccc2)c1C(=O)N1CCN(c2ccc(F)cc2)CC1.